The molecule has 1 unspecified atom stereocenters. The molecule has 7 nitrogen and oxygen atoms in total. The van der Waals surface area contributed by atoms with Crippen LogP contribution in [0.2, 0.25) is 10.0 Å². The molecule has 3 rings (SSSR count). The Bertz CT molecular complexity index is 963. The van der Waals surface area contributed by atoms with Crippen LogP contribution in [0.1, 0.15) is 30.1 Å². The van der Waals surface area contributed by atoms with Crippen molar-refractivity contribution in [2.75, 3.05) is 30.3 Å². The molecule has 0 aliphatic carbocycles. The first-order valence-electron chi connectivity index (χ1n) is 10.0. The van der Waals surface area contributed by atoms with E-state index in [1.807, 2.05) is 11.8 Å². The van der Waals surface area contributed by atoms with Gasteiger partial charge in [0, 0.05) is 33.5 Å². The van der Waals surface area contributed by atoms with Crippen LogP contribution in [0, 0.1) is 0 Å². The quantitative estimate of drug-likeness (QED) is 0.583. The number of likely N-dealkylation sites (tertiary alicyclic amines) is 1. The molecule has 164 valence electrons. The second kappa shape index (κ2) is 10.6. The molecule has 1 atom stereocenters. The molecule has 0 bridgehead atoms. The van der Waals surface area contributed by atoms with Gasteiger partial charge in [-0.05, 0) is 62.7 Å². The van der Waals surface area contributed by atoms with E-state index in [-0.39, 0.29) is 24.3 Å². The molecule has 9 heteroatoms. The van der Waals surface area contributed by atoms with E-state index in [4.69, 9.17) is 23.2 Å². The number of hydrogen-bond donors (Lipinski definition) is 3. The van der Waals surface area contributed by atoms with E-state index in [9.17, 15) is 14.4 Å². The van der Waals surface area contributed by atoms with E-state index in [1.165, 1.54) is 0 Å². The van der Waals surface area contributed by atoms with Crippen molar-refractivity contribution in [2.45, 2.75) is 25.8 Å². The first kappa shape index (κ1) is 23.1. The first-order valence-corrected chi connectivity index (χ1v) is 10.8. The van der Waals surface area contributed by atoms with Gasteiger partial charge in [-0.25, -0.2) is 0 Å². The summed E-state index contributed by atoms with van der Waals surface area (Å²) in [5.41, 5.74) is 1.52. The first-order chi connectivity index (χ1) is 14.9. The van der Waals surface area contributed by atoms with Crippen molar-refractivity contribution >= 4 is 52.3 Å². The molecule has 0 saturated carbocycles. The third-order valence-corrected chi connectivity index (χ3v) is 5.33. The average Bonchev–Trinajstić information content (AvgIpc) is 3.15. The second-order valence-electron chi connectivity index (χ2n) is 7.26. The van der Waals surface area contributed by atoms with Gasteiger partial charge in [0.1, 0.15) is 0 Å². The van der Waals surface area contributed by atoms with Crippen molar-refractivity contribution in [3.05, 3.63) is 58.1 Å². The molecule has 2 aromatic rings. The lowest BCUT2D eigenvalue weighted by Crippen LogP contribution is -2.43. The predicted octanol–water partition coefficient (Wildman–Crippen LogP) is 3.78. The summed E-state index contributed by atoms with van der Waals surface area (Å²) in [6.07, 6.45) is 1.47. The van der Waals surface area contributed by atoms with Crippen LogP contribution in [0.25, 0.3) is 0 Å². The Morgan fingerprint density at radius 1 is 1.03 bits per heavy atom. The molecular weight excluding hydrogens is 439 g/mol. The molecule has 1 aliphatic rings. The number of nitrogens with one attached hydrogen (secondary N) is 3. The predicted molar refractivity (Wildman–Crippen MR) is 123 cm³/mol. The summed E-state index contributed by atoms with van der Waals surface area (Å²) in [7, 11) is 0. The van der Waals surface area contributed by atoms with Crippen LogP contribution in [0.3, 0.4) is 0 Å². The largest absolute Gasteiger partial charge is 0.352 e. The van der Waals surface area contributed by atoms with Gasteiger partial charge >= 0.3 is 0 Å². The Labute approximate surface area is 191 Å². The van der Waals surface area contributed by atoms with Crippen LogP contribution in [-0.4, -0.2) is 48.3 Å². The van der Waals surface area contributed by atoms with Gasteiger partial charge in [0.05, 0.1) is 12.6 Å². The van der Waals surface area contributed by atoms with Crippen molar-refractivity contribution in [3.8, 4) is 0 Å². The highest BCUT2D eigenvalue weighted by atomic mass is 35.5. The zero-order chi connectivity index (χ0) is 22.4. The van der Waals surface area contributed by atoms with Crippen molar-refractivity contribution in [1.29, 1.82) is 0 Å². The van der Waals surface area contributed by atoms with Crippen LogP contribution in [0.5, 0.6) is 0 Å². The summed E-state index contributed by atoms with van der Waals surface area (Å²) >= 11 is 12.0. The van der Waals surface area contributed by atoms with E-state index in [2.05, 4.69) is 16.0 Å². The molecule has 1 aliphatic heterocycles. The lowest BCUT2D eigenvalue weighted by Gasteiger charge is -2.23. The van der Waals surface area contributed by atoms with Crippen molar-refractivity contribution < 1.29 is 14.4 Å². The SMILES string of the molecule is CCNC(=O)c1cccc(NC(=O)CN2CCCC2C(=O)Nc2cc(Cl)cc(Cl)c2)c1. The minimum Gasteiger partial charge on any atom is -0.352 e. The monoisotopic (exact) mass is 462 g/mol. The molecule has 1 saturated heterocycles. The summed E-state index contributed by atoms with van der Waals surface area (Å²) in [5, 5.41) is 9.21. The van der Waals surface area contributed by atoms with E-state index >= 15 is 0 Å². The Balaban J connectivity index is 1.60. The van der Waals surface area contributed by atoms with Crippen molar-refractivity contribution in [3.63, 3.8) is 0 Å². The fourth-order valence-corrected chi connectivity index (χ4v) is 4.08. The lowest BCUT2D eigenvalue weighted by molar-refractivity contribution is -0.122. The van der Waals surface area contributed by atoms with Crippen LogP contribution >= 0.6 is 23.2 Å². The molecule has 31 heavy (non-hydrogen) atoms. The molecule has 0 aromatic heterocycles. The highest BCUT2D eigenvalue weighted by Crippen LogP contribution is 2.24. The summed E-state index contributed by atoms with van der Waals surface area (Å²) in [4.78, 5) is 39.1. The number of amides is 3. The third kappa shape index (κ3) is 6.43. The Hall–Kier alpha value is -2.61. The number of carbonyl (C=O) groups is 3. The maximum absolute atomic E-state index is 12.8. The smallest absolute Gasteiger partial charge is 0.251 e. The normalized spacial score (nSPS) is 16.0. The molecule has 1 heterocycles. The van der Waals surface area contributed by atoms with E-state index < -0.39 is 6.04 Å². The number of hydrogen-bond acceptors (Lipinski definition) is 4. The van der Waals surface area contributed by atoms with Crippen molar-refractivity contribution in [1.82, 2.24) is 10.2 Å². The molecule has 1 fully saturated rings. The molecule has 0 radical (unpaired) electrons. The zero-order valence-electron chi connectivity index (χ0n) is 17.1. The second-order valence-corrected chi connectivity index (χ2v) is 8.14. The van der Waals surface area contributed by atoms with Gasteiger partial charge in [-0.2, -0.15) is 0 Å². The van der Waals surface area contributed by atoms with E-state index in [0.717, 1.165) is 6.42 Å². The van der Waals surface area contributed by atoms with Gasteiger partial charge < -0.3 is 16.0 Å². The van der Waals surface area contributed by atoms with Crippen LogP contribution in [-0.2, 0) is 9.59 Å². The minimum absolute atomic E-state index is 0.0692. The van der Waals surface area contributed by atoms with Gasteiger partial charge in [0.2, 0.25) is 11.8 Å². The van der Waals surface area contributed by atoms with Crippen LogP contribution in [0.15, 0.2) is 42.5 Å². The summed E-state index contributed by atoms with van der Waals surface area (Å²) in [6.45, 7) is 3.07. The fraction of sp³-hybridized carbons (Fsp3) is 0.318. The van der Waals surface area contributed by atoms with E-state index in [1.54, 1.807) is 42.5 Å². The maximum Gasteiger partial charge on any atom is 0.251 e. The fourth-order valence-electron chi connectivity index (χ4n) is 3.55. The number of carbonyl (C=O) groups excluding carboxylic acids is 3. The number of nitrogens with zero attached hydrogens (tertiary/aromatic N) is 1. The highest BCUT2D eigenvalue weighted by Gasteiger charge is 2.32. The Morgan fingerprint density at radius 2 is 1.77 bits per heavy atom. The van der Waals surface area contributed by atoms with Crippen LogP contribution < -0.4 is 16.0 Å². The Morgan fingerprint density at radius 3 is 2.48 bits per heavy atom. The number of anilines is 2. The Kier molecular flexibility index (Phi) is 7.90. The van der Waals surface area contributed by atoms with Crippen LogP contribution in [0.4, 0.5) is 11.4 Å². The van der Waals surface area contributed by atoms with E-state index in [0.29, 0.717) is 46.5 Å². The summed E-state index contributed by atoms with van der Waals surface area (Å²) < 4.78 is 0. The van der Waals surface area contributed by atoms with Crippen molar-refractivity contribution in [2.24, 2.45) is 0 Å². The van der Waals surface area contributed by atoms with Gasteiger partial charge in [0.15, 0.2) is 0 Å². The number of benzene rings is 2. The highest BCUT2D eigenvalue weighted by molar-refractivity contribution is 6.35. The lowest BCUT2D eigenvalue weighted by atomic mass is 10.2. The minimum atomic E-state index is -0.426. The molecule has 3 N–H and O–H groups in total. The summed E-state index contributed by atoms with van der Waals surface area (Å²) in [6, 6.07) is 11.2. The number of halogens is 2. The maximum atomic E-state index is 12.8. The topological polar surface area (TPSA) is 90.5 Å². The standard InChI is InChI=1S/C22H24Cl2N4O3/c1-2-25-21(30)14-5-3-6-17(9-14)26-20(29)13-28-8-4-7-19(28)22(31)27-18-11-15(23)10-16(24)12-18/h3,5-6,9-12,19H,2,4,7-8,13H2,1H3,(H,25,30)(H,26,29)(H,27,31). The molecule has 2 aromatic carbocycles. The molecule has 3 amide bonds. The average molecular weight is 463 g/mol. The molecular formula is C22H24Cl2N4O3. The molecule has 0 spiro atoms. The third-order valence-electron chi connectivity index (χ3n) is 4.89. The number of rotatable bonds is 7. The van der Waals surface area contributed by atoms with Gasteiger partial charge in [-0.1, -0.05) is 29.3 Å². The van der Waals surface area contributed by atoms with Gasteiger partial charge in [-0.15, -0.1) is 0 Å². The summed E-state index contributed by atoms with van der Waals surface area (Å²) in [5.74, 6) is -0.656. The van der Waals surface area contributed by atoms with Gasteiger partial charge in [-0.3, -0.25) is 19.3 Å². The van der Waals surface area contributed by atoms with Gasteiger partial charge in [0.25, 0.3) is 5.91 Å². The zero-order valence-corrected chi connectivity index (χ0v) is 18.6.